The largest absolute Gasteiger partial charge is 0.467 e. The molecule has 18 heavy (non-hydrogen) atoms. The first-order valence-corrected chi connectivity index (χ1v) is 5.58. The summed E-state index contributed by atoms with van der Waals surface area (Å²) in [4.78, 5) is 11.9. The summed E-state index contributed by atoms with van der Waals surface area (Å²) in [7, 11) is 1.47. The number of ether oxygens (including phenoxy) is 1. The van der Waals surface area contributed by atoms with Gasteiger partial charge in [0.2, 0.25) is 11.1 Å². The van der Waals surface area contributed by atoms with E-state index < -0.39 is 0 Å². The second-order valence-corrected chi connectivity index (χ2v) is 3.90. The molecule has 0 bridgehead atoms. The number of halogens is 1. The molecule has 6 heteroatoms. The summed E-state index contributed by atoms with van der Waals surface area (Å²) >= 11 is 5.79. The number of fused-ring (bicyclic) bond motifs is 1. The molecule has 0 aliphatic rings. The van der Waals surface area contributed by atoms with Gasteiger partial charge in [-0.3, -0.25) is 0 Å². The number of para-hydroxylation sites is 1. The van der Waals surface area contributed by atoms with Crippen LogP contribution in [0, 0.1) is 0 Å². The highest BCUT2D eigenvalue weighted by Gasteiger charge is 2.12. The lowest BCUT2D eigenvalue weighted by molar-refractivity contribution is 0.378. The first-order valence-electron chi connectivity index (χ1n) is 5.21. The number of benzene rings is 1. The lowest BCUT2D eigenvalue weighted by Gasteiger charge is -1.99. The van der Waals surface area contributed by atoms with Crippen molar-refractivity contribution in [2.24, 2.45) is 0 Å². The van der Waals surface area contributed by atoms with Crippen molar-refractivity contribution < 1.29 is 9.15 Å². The average molecular weight is 262 g/mol. The van der Waals surface area contributed by atoms with Crippen molar-refractivity contribution >= 4 is 22.6 Å². The summed E-state index contributed by atoms with van der Waals surface area (Å²) in [6.07, 6.45) is 0. The van der Waals surface area contributed by atoms with Crippen LogP contribution < -0.4 is 4.74 Å². The molecule has 0 radical (unpaired) electrons. The first kappa shape index (κ1) is 11.0. The number of hydrogen-bond donors (Lipinski definition) is 0. The number of aromatic nitrogens is 3. The summed E-state index contributed by atoms with van der Waals surface area (Å²) in [5.41, 5.74) is 0.767. The molecule has 0 unspecified atom stereocenters. The molecular formula is C12H8ClN3O2. The van der Waals surface area contributed by atoms with Crippen LogP contribution in [0.5, 0.6) is 6.01 Å². The number of nitrogens with zero attached hydrogens (tertiary/aromatic N) is 3. The van der Waals surface area contributed by atoms with Crippen LogP contribution in [0.25, 0.3) is 22.6 Å². The van der Waals surface area contributed by atoms with Crippen molar-refractivity contribution in [3.63, 3.8) is 0 Å². The number of rotatable bonds is 2. The van der Waals surface area contributed by atoms with Crippen LogP contribution in [0.3, 0.4) is 0 Å². The van der Waals surface area contributed by atoms with Crippen LogP contribution in [-0.4, -0.2) is 22.1 Å². The van der Waals surface area contributed by atoms with E-state index in [4.69, 9.17) is 20.8 Å². The molecule has 0 fully saturated rings. The summed E-state index contributed by atoms with van der Waals surface area (Å²) in [6.45, 7) is 0. The van der Waals surface area contributed by atoms with Gasteiger partial charge in [0.1, 0.15) is 5.58 Å². The van der Waals surface area contributed by atoms with Gasteiger partial charge in [-0.25, -0.2) is 0 Å². The Hall–Kier alpha value is -2.14. The van der Waals surface area contributed by atoms with E-state index in [-0.39, 0.29) is 11.3 Å². The molecule has 3 aromatic rings. The smallest absolute Gasteiger partial charge is 0.321 e. The van der Waals surface area contributed by atoms with Gasteiger partial charge < -0.3 is 9.15 Å². The average Bonchev–Trinajstić information content (AvgIpc) is 2.81. The zero-order valence-electron chi connectivity index (χ0n) is 9.42. The fourth-order valence-electron chi connectivity index (χ4n) is 1.63. The van der Waals surface area contributed by atoms with Crippen LogP contribution in [0.2, 0.25) is 5.28 Å². The Labute approximate surface area is 107 Å². The van der Waals surface area contributed by atoms with Gasteiger partial charge in [-0.05, 0) is 23.7 Å². The van der Waals surface area contributed by atoms with Crippen LogP contribution in [0.15, 0.2) is 34.7 Å². The highest BCUT2D eigenvalue weighted by Crippen LogP contribution is 2.26. The summed E-state index contributed by atoms with van der Waals surface area (Å²) in [5, 5.41) is 1.04. The molecule has 0 aliphatic carbocycles. The molecule has 3 rings (SSSR count). The Balaban J connectivity index is 2.16. The molecule has 5 nitrogen and oxygen atoms in total. The van der Waals surface area contributed by atoms with Gasteiger partial charge in [0.25, 0.3) is 0 Å². The molecule has 0 N–H and O–H groups in total. The highest BCUT2D eigenvalue weighted by molar-refractivity contribution is 6.28. The van der Waals surface area contributed by atoms with E-state index in [9.17, 15) is 0 Å². The van der Waals surface area contributed by atoms with Crippen LogP contribution in [-0.2, 0) is 0 Å². The minimum Gasteiger partial charge on any atom is -0.467 e. The normalized spacial score (nSPS) is 10.8. The Morgan fingerprint density at radius 2 is 2.00 bits per heavy atom. The molecule has 2 aromatic heterocycles. The number of methoxy groups -OCH3 is 1. The van der Waals surface area contributed by atoms with Crippen molar-refractivity contribution in [1.29, 1.82) is 0 Å². The molecule has 0 saturated carbocycles. The minimum absolute atomic E-state index is 0.0670. The van der Waals surface area contributed by atoms with Gasteiger partial charge in [0.05, 0.1) is 7.11 Å². The Morgan fingerprint density at radius 1 is 1.17 bits per heavy atom. The predicted molar refractivity (Wildman–Crippen MR) is 66.6 cm³/mol. The van der Waals surface area contributed by atoms with Crippen LogP contribution >= 0.6 is 11.6 Å². The zero-order chi connectivity index (χ0) is 12.5. The molecule has 0 saturated heterocycles. The van der Waals surface area contributed by atoms with E-state index in [2.05, 4.69) is 15.0 Å². The van der Waals surface area contributed by atoms with E-state index in [0.717, 1.165) is 11.0 Å². The van der Waals surface area contributed by atoms with Crippen molar-refractivity contribution in [3.8, 4) is 17.6 Å². The van der Waals surface area contributed by atoms with Gasteiger partial charge >= 0.3 is 6.01 Å². The maximum Gasteiger partial charge on any atom is 0.321 e. The van der Waals surface area contributed by atoms with Gasteiger partial charge in [0.15, 0.2) is 5.76 Å². The van der Waals surface area contributed by atoms with Crippen molar-refractivity contribution in [2.45, 2.75) is 0 Å². The molecular weight excluding hydrogens is 254 g/mol. The minimum atomic E-state index is 0.0670. The zero-order valence-corrected chi connectivity index (χ0v) is 10.2. The molecule has 0 atom stereocenters. The topological polar surface area (TPSA) is 61.0 Å². The van der Waals surface area contributed by atoms with E-state index in [1.54, 1.807) is 0 Å². The third-order valence-electron chi connectivity index (χ3n) is 2.42. The molecule has 0 spiro atoms. The van der Waals surface area contributed by atoms with E-state index in [0.29, 0.717) is 11.6 Å². The quantitative estimate of drug-likeness (QED) is 0.710. The molecule has 2 heterocycles. The SMILES string of the molecule is COc1nc(Cl)nc(-c2cc3ccccc3o2)n1. The summed E-state index contributed by atoms with van der Waals surface area (Å²) in [5.74, 6) is 0.877. The third kappa shape index (κ3) is 1.89. The lowest BCUT2D eigenvalue weighted by Crippen LogP contribution is -1.97. The van der Waals surface area contributed by atoms with Crippen LogP contribution in [0.4, 0.5) is 0 Å². The maximum atomic E-state index is 5.79. The molecule has 1 aromatic carbocycles. The van der Waals surface area contributed by atoms with Crippen molar-refractivity contribution in [2.75, 3.05) is 7.11 Å². The third-order valence-corrected chi connectivity index (χ3v) is 2.59. The Morgan fingerprint density at radius 3 is 2.78 bits per heavy atom. The highest BCUT2D eigenvalue weighted by atomic mass is 35.5. The van der Waals surface area contributed by atoms with Gasteiger partial charge in [-0.1, -0.05) is 18.2 Å². The second kappa shape index (κ2) is 4.27. The standard InChI is InChI=1S/C12H8ClN3O2/c1-17-12-15-10(14-11(13)16-12)9-6-7-4-2-3-5-8(7)18-9/h2-6H,1H3. The summed E-state index contributed by atoms with van der Waals surface area (Å²) in [6, 6.07) is 9.66. The number of furan rings is 1. The maximum absolute atomic E-state index is 5.79. The van der Waals surface area contributed by atoms with Crippen molar-refractivity contribution in [3.05, 3.63) is 35.6 Å². The fourth-order valence-corrected chi connectivity index (χ4v) is 1.78. The molecule has 0 aliphatic heterocycles. The fraction of sp³-hybridized carbons (Fsp3) is 0.0833. The van der Waals surface area contributed by atoms with Crippen molar-refractivity contribution in [1.82, 2.24) is 15.0 Å². The first-order chi connectivity index (χ1) is 8.76. The van der Waals surface area contributed by atoms with Crippen LogP contribution in [0.1, 0.15) is 0 Å². The van der Waals surface area contributed by atoms with E-state index in [1.807, 2.05) is 30.3 Å². The van der Waals surface area contributed by atoms with Gasteiger partial charge in [0, 0.05) is 5.39 Å². The van der Waals surface area contributed by atoms with E-state index >= 15 is 0 Å². The molecule has 0 amide bonds. The second-order valence-electron chi connectivity index (χ2n) is 3.56. The molecule has 90 valence electrons. The Kier molecular flexibility index (Phi) is 2.60. The van der Waals surface area contributed by atoms with Gasteiger partial charge in [-0.15, -0.1) is 0 Å². The monoisotopic (exact) mass is 261 g/mol. The Bertz CT molecular complexity index is 678. The van der Waals surface area contributed by atoms with Gasteiger partial charge in [-0.2, -0.15) is 15.0 Å². The van der Waals surface area contributed by atoms with E-state index in [1.165, 1.54) is 7.11 Å². The lowest BCUT2D eigenvalue weighted by atomic mass is 10.2. The summed E-state index contributed by atoms with van der Waals surface area (Å²) < 4.78 is 10.6. The predicted octanol–water partition coefficient (Wildman–Crippen LogP) is 2.95. The number of hydrogen-bond acceptors (Lipinski definition) is 5.